The first-order valence-corrected chi connectivity index (χ1v) is 12.8. The van der Waals surface area contributed by atoms with Crippen LogP contribution in [0.1, 0.15) is 61.0 Å². The number of hydrogen-bond acceptors (Lipinski definition) is 3. The van der Waals surface area contributed by atoms with Crippen molar-refractivity contribution in [3.05, 3.63) is 35.9 Å². The predicted octanol–water partition coefficient (Wildman–Crippen LogP) is 6.19. The van der Waals surface area contributed by atoms with Gasteiger partial charge in [-0.1, -0.05) is 78.8 Å². The molecule has 3 nitrogen and oxygen atoms in total. The topological polar surface area (TPSA) is 31.0 Å². The van der Waals surface area contributed by atoms with Crippen LogP contribution in [0.5, 0.6) is 0 Å². The summed E-state index contributed by atoms with van der Waals surface area (Å²) in [4.78, 5) is 0. The largest absolute Gasteiger partial charge is 0.413 e. The van der Waals surface area contributed by atoms with E-state index in [2.05, 4.69) is 79.7 Å². The highest BCUT2D eigenvalue weighted by Gasteiger charge is 2.47. The van der Waals surface area contributed by atoms with Crippen LogP contribution in [0, 0.1) is 5.92 Å². The summed E-state index contributed by atoms with van der Waals surface area (Å²) in [6.45, 7) is 19.7. The van der Waals surface area contributed by atoms with E-state index in [1.54, 1.807) is 0 Å². The van der Waals surface area contributed by atoms with Crippen LogP contribution in [0.2, 0.25) is 16.6 Å². The lowest BCUT2D eigenvalue weighted by atomic mass is 9.99. The van der Waals surface area contributed by atoms with Crippen molar-refractivity contribution in [2.45, 2.75) is 96.9 Å². The van der Waals surface area contributed by atoms with Crippen molar-refractivity contribution in [2.24, 2.45) is 5.92 Å². The monoisotopic (exact) mass is 392 g/mol. The molecule has 0 bridgehead atoms. The summed E-state index contributed by atoms with van der Waals surface area (Å²) in [7, 11) is -1.90. The second kappa shape index (κ2) is 9.68. The Morgan fingerprint density at radius 2 is 1.44 bits per heavy atom. The van der Waals surface area contributed by atoms with Crippen molar-refractivity contribution in [1.82, 2.24) is 0 Å². The molecule has 1 heterocycles. The molecule has 1 aliphatic rings. The quantitative estimate of drug-likeness (QED) is 0.332. The predicted molar refractivity (Wildman–Crippen MR) is 116 cm³/mol. The summed E-state index contributed by atoms with van der Waals surface area (Å²) in [6.07, 6.45) is 0.691. The Morgan fingerprint density at radius 3 is 1.89 bits per heavy atom. The van der Waals surface area contributed by atoms with Gasteiger partial charge in [0.25, 0.3) is 0 Å². The number of benzene rings is 1. The molecule has 0 aromatic heterocycles. The van der Waals surface area contributed by atoms with Gasteiger partial charge in [0.2, 0.25) is 0 Å². The zero-order valence-corrected chi connectivity index (χ0v) is 19.6. The fourth-order valence-corrected chi connectivity index (χ4v) is 10.3. The summed E-state index contributed by atoms with van der Waals surface area (Å²) >= 11 is 0. The van der Waals surface area contributed by atoms with E-state index in [4.69, 9.17) is 13.9 Å². The minimum Gasteiger partial charge on any atom is -0.413 e. The van der Waals surface area contributed by atoms with Gasteiger partial charge < -0.3 is 13.9 Å². The summed E-state index contributed by atoms with van der Waals surface area (Å²) < 4.78 is 19.0. The van der Waals surface area contributed by atoms with Crippen LogP contribution in [0.3, 0.4) is 0 Å². The second-order valence-electron chi connectivity index (χ2n) is 9.13. The molecule has 1 aromatic carbocycles. The standard InChI is InChI=1S/C23H40O3Si/c1-16(2)27(17(3)4,18(5)6)25-15-22(19(7)23-20(8)26-23)24-14-21-12-10-9-11-13-21/h9-13,16-20,22-23H,14-15H2,1-8H3/t19-,20-,22+,23+/m1/s1. The van der Waals surface area contributed by atoms with Crippen LogP contribution in [0.15, 0.2) is 30.3 Å². The number of rotatable bonds is 11. The number of ether oxygens (including phenoxy) is 2. The smallest absolute Gasteiger partial charge is 0.200 e. The lowest BCUT2D eigenvalue weighted by Crippen LogP contribution is -2.50. The highest BCUT2D eigenvalue weighted by Crippen LogP contribution is 2.43. The normalized spacial score (nSPS) is 22.5. The molecule has 1 fully saturated rings. The van der Waals surface area contributed by atoms with Gasteiger partial charge in [-0.15, -0.1) is 0 Å². The van der Waals surface area contributed by atoms with E-state index in [-0.39, 0.29) is 6.10 Å². The van der Waals surface area contributed by atoms with Crippen molar-refractivity contribution in [2.75, 3.05) is 6.61 Å². The van der Waals surface area contributed by atoms with E-state index in [0.29, 0.717) is 48.0 Å². The first kappa shape index (κ1) is 22.6. The Labute approximate surface area is 167 Å². The molecule has 0 amide bonds. The third kappa shape index (κ3) is 5.44. The lowest BCUT2D eigenvalue weighted by molar-refractivity contribution is -0.0321. The maximum Gasteiger partial charge on any atom is 0.200 e. The van der Waals surface area contributed by atoms with Gasteiger partial charge in [0.15, 0.2) is 8.32 Å². The minimum absolute atomic E-state index is 0.0586. The third-order valence-electron chi connectivity index (χ3n) is 6.37. The molecule has 0 saturated carbocycles. The summed E-state index contributed by atoms with van der Waals surface area (Å²) in [5.74, 6) is 0.335. The summed E-state index contributed by atoms with van der Waals surface area (Å²) in [6, 6.07) is 10.4. The maximum absolute atomic E-state index is 6.86. The number of epoxide rings is 1. The molecular weight excluding hydrogens is 352 g/mol. The maximum atomic E-state index is 6.86. The average Bonchev–Trinajstić information content (AvgIpc) is 3.34. The highest BCUT2D eigenvalue weighted by atomic mass is 28.4. The van der Waals surface area contributed by atoms with Gasteiger partial charge in [-0.2, -0.15) is 0 Å². The van der Waals surface area contributed by atoms with Crippen molar-refractivity contribution in [1.29, 1.82) is 0 Å². The Balaban J connectivity index is 2.10. The molecule has 0 unspecified atom stereocenters. The first-order valence-electron chi connectivity index (χ1n) is 10.6. The molecule has 0 N–H and O–H groups in total. The van der Waals surface area contributed by atoms with Gasteiger partial charge in [-0.3, -0.25) is 0 Å². The zero-order chi connectivity index (χ0) is 20.2. The number of hydrogen-bond donors (Lipinski definition) is 0. The Kier molecular flexibility index (Phi) is 8.11. The average molecular weight is 393 g/mol. The molecular formula is C23H40O3Si. The SMILES string of the molecule is CC(C)[Si](OC[C@H](OCc1ccccc1)[C@@H](C)[C@@H]1O[C@@H]1C)(C(C)C)C(C)C. The van der Waals surface area contributed by atoms with E-state index in [1.165, 1.54) is 5.56 Å². The van der Waals surface area contributed by atoms with Crippen LogP contribution in [0.4, 0.5) is 0 Å². The molecule has 0 spiro atoms. The molecule has 0 aliphatic carbocycles. The van der Waals surface area contributed by atoms with Gasteiger partial charge in [0, 0.05) is 5.92 Å². The van der Waals surface area contributed by atoms with Gasteiger partial charge in [0.1, 0.15) is 0 Å². The Bertz CT molecular complexity index is 536. The fourth-order valence-electron chi connectivity index (χ4n) is 4.82. The Morgan fingerprint density at radius 1 is 0.926 bits per heavy atom. The molecule has 154 valence electrons. The van der Waals surface area contributed by atoms with Gasteiger partial charge in [-0.25, -0.2) is 0 Å². The fraction of sp³-hybridized carbons (Fsp3) is 0.739. The van der Waals surface area contributed by atoms with Crippen LogP contribution in [0.25, 0.3) is 0 Å². The zero-order valence-electron chi connectivity index (χ0n) is 18.6. The van der Waals surface area contributed by atoms with E-state index >= 15 is 0 Å². The van der Waals surface area contributed by atoms with Gasteiger partial charge >= 0.3 is 0 Å². The molecule has 2 rings (SSSR count). The minimum atomic E-state index is -1.90. The lowest BCUT2D eigenvalue weighted by Gasteiger charge is -2.43. The van der Waals surface area contributed by atoms with Crippen molar-refractivity contribution >= 4 is 8.32 Å². The second-order valence-corrected chi connectivity index (χ2v) is 14.6. The molecule has 1 aliphatic heterocycles. The molecule has 4 atom stereocenters. The van der Waals surface area contributed by atoms with Gasteiger partial charge in [-0.05, 0) is 29.1 Å². The van der Waals surface area contributed by atoms with Crippen molar-refractivity contribution in [3.63, 3.8) is 0 Å². The van der Waals surface area contributed by atoms with E-state index in [1.807, 2.05) is 6.07 Å². The van der Waals surface area contributed by atoms with Crippen LogP contribution in [-0.4, -0.2) is 33.2 Å². The third-order valence-corrected chi connectivity index (χ3v) is 12.5. The summed E-state index contributed by atoms with van der Waals surface area (Å²) in [5.41, 5.74) is 2.95. The van der Waals surface area contributed by atoms with E-state index in [9.17, 15) is 0 Å². The molecule has 1 aromatic rings. The molecule has 0 radical (unpaired) electrons. The van der Waals surface area contributed by atoms with Gasteiger partial charge in [0.05, 0.1) is 31.5 Å². The van der Waals surface area contributed by atoms with E-state index < -0.39 is 8.32 Å². The van der Waals surface area contributed by atoms with Crippen LogP contribution < -0.4 is 0 Å². The van der Waals surface area contributed by atoms with Crippen LogP contribution >= 0.6 is 0 Å². The molecule has 4 heteroatoms. The Hall–Kier alpha value is -0.683. The van der Waals surface area contributed by atoms with E-state index in [0.717, 1.165) is 0 Å². The van der Waals surface area contributed by atoms with Crippen molar-refractivity contribution < 1.29 is 13.9 Å². The van der Waals surface area contributed by atoms with Crippen molar-refractivity contribution in [3.8, 4) is 0 Å². The molecule has 1 saturated heterocycles. The highest BCUT2D eigenvalue weighted by molar-refractivity contribution is 6.77. The first-order chi connectivity index (χ1) is 12.7. The summed E-state index contributed by atoms with van der Waals surface area (Å²) in [5, 5.41) is 0. The van der Waals surface area contributed by atoms with Crippen LogP contribution in [-0.2, 0) is 20.5 Å². The molecule has 27 heavy (non-hydrogen) atoms.